The first-order valence-electron chi connectivity index (χ1n) is 8.10. The number of amides is 2. The van der Waals surface area contributed by atoms with Crippen LogP contribution in [0, 0.1) is 0 Å². The first-order valence-corrected chi connectivity index (χ1v) is 8.10. The third-order valence-corrected chi connectivity index (χ3v) is 4.17. The third-order valence-electron chi connectivity index (χ3n) is 4.17. The van der Waals surface area contributed by atoms with E-state index in [1.54, 1.807) is 54.9 Å². The second-order valence-electron chi connectivity index (χ2n) is 5.99. The molecule has 26 heavy (non-hydrogen) atoms. The number of ether oxygens (including phenoxy) is 1. The molecule has 0 radical (unpaired) electrons. The minimum atomic E-state index is -0.323. The smallest absolute Gasteiger partial charge is 0.262 e. The Morgan fingerprint density at radius 3 is 2.38 bits per heavy atom. The number of pyridine rings is 1. The van der Waals surface area contributed by atoms with Crippen LogP contribution in [0.2, 0.25) is 0 Å². The summed E-state index contributed by atoms with van der Waals surface area (Å²) >= 11 is 0. The summed E-state index contributed by atoms with van der Waals surface area (Å²) < 4.78 is 5.75. The number of carbonyl (C=O) groups excluding carboxylic acids is 2. The average molecular weight is 346 g/mol. The standard InChI is InChI=1S/C20H15N3O3/c21-14-3-5-15(6-4-14)26-16-7-8-17-18(10-16)20(25)23(19(17)24)12-13-2-1-9-22-11-13/h1-11H,12,21H2/p+1. The van der Waals surface area contributed by atoms with Crippen molar-refractivity contribution in [3.63, 3.8) is 0 Å². The van der Waals surface area contributed by atoms with Gasteiger partial charge in [0.05, 0.1) is 17.7 Å². The summed E-state index contributed by atoms with van der Waals surface area (Å²) in [5.74, 6) is 0.474. The van der Waals surface area contributed by atoms with Gasteiger partial charge in [-0.05, 0) is 48.5 Å². The van der Waals surface area contributed by atoms with E-state index in [9.17, 15) is 9.59 Å². The summed E-state index contributed by atoms with van der Waals surface area (Å²) in [6.07, 6.45) is 3.53. The molecule has 0 bridgehead atoms. The number of anilines is 1. The highest BCUT2D eigenvalue weighted by atomic mass is 16.5. The quantitative estimate of drug-likeness (QED) is 0.581. The van der Waals surface area contributed by atoms with Crippen molar-refractivity contribution in [2.45, 2.75) is 6.54 Å². The van der Waals surface area contributed by atoms with Crippen LogP contribution in [0.3, 0.4) is 0 Å². The average Bonchev–Trinajstić information content (AvgIpc) is 2.89. The number of nitrogens with one attached hydrogen (secondary N) is 1. The van der Waals surface area contributed by atoms with Crippen LogP contribution in [-0.4, -0.2) is 16.7 Å². The maximum Gasteiger partial charge on any atom is 0.262 e. The lowest BCUT2D eigenvalue weighted by Crippen LogP contribution is -2.29. The predicted octanol–water partition coefficient (Wildman–Crippen LogP) is 2.67. The fraction of sp³-hybridized carbons (Fsp3) is 0.0500. The first-order chi connectivity index (χ1) is 12.6. The van der Waals surface area contributed by atoms with Gasteiger partial charge in [-0.15, -0.1) is 0 Å². The lowest BCUT2D eigenvalue weighted by Gasteiger charge is -2.12. The number of rotatable bonds is 4. The Morgan fingerprint density at radius 2 is 1.65 bits per heavy atom. The molecule has 6 nitrogen and oxygen atoms in total. The van der Waals surface area contributed by atoms with Crippen LogP contribution >= 0.6 is 0 Å². The molecule has 1 aliphatic heterocycles. The van der Waals surface area contributed by atoms with Crippen LogP contribution in [0.25, 0.3) is 0 Å². The van der Waals surface area contributed by atoms with Crippen LogP contribution in [0.4, 0.5) is 5.69 Å². The highest BCUT2D eigenvalue weighted by Gasteiger charge is 2.36. The molecule has 2 amide bonds. The highest BCUT2D eigenvalue weighted by Crippen LogP contribution is 2.30. The van der Waals surface area contributed by atoms with E-state index >= 15 is 0 Å². The number of nitrogen functional groups attached to an aromatic ring is 1. The monoisotopic (exact) mass is 346 g/mol. The van der Waals surface area contributed by atoms with E-state index in [-0.39, 0.29) is 18.4 Å². The lowest BCUT2D eigenvalue weighted by molar-refractivity contribution is -0.378. The molecule has 0 aliphatic carbocycles. The molecular formula is C20H16N3O3+. The Morgan fingerprint density at radius 1 is 0.923 bits per heavy atom. The number of nitrogens with two attached hydrogens (primary N) is 1. The fourth-order valence-electron chi connectivity index (χ4n) is 2.86. The molecule has 1 aliphatic rings. The molecule has 128 valence electrons. The van der Waals surface area contributed by atoms with Crippen molar-refractivity contribution >= 4 is 17.5 Å². The Labute approximate surface area is 149 Å². The van der Waals surface area contributed by atoms with E-state index < -0.39 is 0 Å². The topological polar surface area (TPSA) is 86.8 Å². The van der Waals surface area contributed by atoms with E-state index in [4.69, 9.17) is 10.5 Å². The maximum atomic E-state index is 12.7. The van der Waals surface area contributed by atoms with Crippen molar-refractivity contribution in [2.75, 3.05) is 5.73 Å². The van der Waals surface area contributed by atoms with Crippen molar-refractivity contribution in [1.29, 1.82) is 0 Å². The van der Waals surface area contributed by atoms with Crippen molar-refractivity contribution in [2.24, 2.45) is 0 Å². The van der Waals surface area contributed by atoms with Gasteiger partial charge in [-0.2, -0.15) is 0 Å². The molecule has 6 heteroatoms. The molecule has 2 aromatic carbocycles. The van der Waals surface area contributed by atoms with E-state index in [0.717, 1.165) is 5.56 Å². The van der Waals surface area contributed by atoms with Crippen molar-refractivity contribution in [3.8, 4) is 11.5 Å². The van der Waals surface area contributed by atoms with Crippen molar-refractivity contribution in [3.05, 3.63) is 83.7 Å². The fourth-order valence-corrected chi connectivity index (χ4v) is 2.86. The Kier molecular flexibility index (Phi) is 3.85. The summed E-state index contributed by atoms with van der Waals surface area (Å²) in [7, 11) is 0. The summed E-state index contributed by atoms with van der Waals surface area (Å²) in [5.41, 5.74) is 7.89. The molecule has 1 aromatic heterocycles. The predicted molar refractivity (Wildman–Crippen MR) is 94.6 cm³/mol. The SMILES string of the molecule is Nc1ccc(Oc2ccc3c(c2)C(=O)N(Cc2ccc[nH+]c2)C3=O)cc1. The zero-order valence-electron chi connectivity index (χ0n) is 13.8. The zero-order chi connectivity index (χ0) is 18.1. The number of imide groups is 1. The number of hydrogen-bond donors (Lipinski definition) is 1. The molecule has 4 rings (SSSR count). The summed E-state index contributed by atoms with van der Waals surface area (Å²) in [6.45, 7) is 0.220. The van der Waals surface area contributed by atoms with Gasteiger partial charge in [0.15, 0.2) is 12.4 Å². The molecule has 0 spiro atoms. The van der Waals surface area contributed by atoms with Gasteiger partial charge in [-0.1, -0.05) is 0 Å². The second kappa shape index (κ2) is 6.33. The lowest BCUT2D eigenvalue weighted by atomic mass is 10.1. The molecule has 0 atom stereocenters. The molecule has 3 aromatic rings. The molecule has 0 unspecified atom stereocenters. The highest BCUT2D eigenvalue weighted by molar-refractivity contribution is 6.21. The molecule has 3 N–H and O–H groups in total. The second-order valence-corrected chi connectivity index (χ2v) is 5.99. The van der Waals surface area contributed by atoms with Gasteiger partial charge in [0.2, 0.25) is 0 Å². The Hall–Kier alpha value is -3.67. The van der Waals surface area contributed by atoms with Gasteiger partial charge in [0.25, 0.3) is 11.8 Å². The molecule has 0 saturated carbocycles. The number of carbonyl (C=O) groups is 2. The maximum absolute atomic E-state index is 12.7. The van der Waals surface area contributed by atoms with Gasteiger partial charge < -0.3 is 10.5 Å². The summed E-state index contributed by atoms with van der Waals surface area (Å²) in [4.78, 5) is 29.4. The van der Waals surface area contributed by atoms with Gasteiger partial charge in [-0.25, -0.2) is 4.98 Å². The van der Waals surface area contributed by atoms with Gasteiger partial charge >= 0.3 is 0 Å². The normalized spacial score (nSPS) is 13.0. The minimum absolute atomic E-state index is 0.220. The van der Waals surface area contributed by atoms with Gasteiger partial charge in [0.1, 0.15) is 11.5 Å². The third kappa shape index (κ3) is 2.88. The summed E-state index contributed by atoms with van der Waals surface area (Å²) in [6, 6.07) is 15.5. The van der Waals surface area contributed by atoms with Crippen LogP contribution in [-0.2, 0) is 6.54 Å². The number of nitrogens with zero attached hydrogens (tertiary/aromatic N) is 1. The zero-order valence-corrected chi connectivity index (χ0v) is 13.8. The Bertz CT molecular complexity index is 985. The van der Waals surface area contributed by atoms with Crippen LogP contribution in [0.1, 0.15) is 26.3 Å². The summed E-state index contributed by atoms with van der Waals surface area (Å²) in [5, 5.41) is 0. The van der Waals surface area contributed by atoms with E-state index in [2.05, 4.69) is 4.98 Å². The molecule has 0 saturated heterocycles. The Balaban J connectivity index is 1.58. The van der Waals surface area contributed by atoms with E-state index in [0.29, 0.717) is 28.3 Å². The van der Waals surface area contributed by atoms with Gasteiger partial charge in [0, 0.05) is 17.3 Å². The van der Waals surface area contributed by atoms with Crippen LogP contribution in [0.5, 0.6) is 11.5 Å². The molecule has 2 heterocycles. The van der Waals surface area contributed by atoms with E-state index in [1.165, 1.54) is 4.90 Å². The number of aromatic amines is 1. The number of benzene rings is 2. The molecule has 0 fully saturated rings. The minimum Gasteiger partial charge on any atom is -0.457 e. The van der Waals surface area contributed by atoms with Crippen LogP contribution in [0.15, 0.2) is 67.0 Å². The van der Waals surface area contributed by atoms with E-state index in [1.807, 2.05) is 12.1 Å². The van der Waals surface area contributed by atoms with Crippen LogP contribution < -0.4 is 15.5 Å². The van der Waals surface area contributed by atoms with Gasteiger partial charge in [-0.3, -0.25) is 14.5 Å². The largest absolute Gasteiger partial charge is 0.457 e. The first kappa shape index (κ1) is 15.8. The molecular weight excluding hydrogens is 330 g/mol. The number of H-pyrrole nitrogens is 1. The number of fused-ring (bicyclic) bond motifs is 1. The van der Waals surface area contributed by atoms with Crippen molar-refractivity contribution in [1.82, 2.24) is 4.90 Å². The number of aromatic nitrogens is 1. The van der Waals surface area contributed by atoms with Crippen molar-refractivity contribution < 1.29 is 19.3 Å². The number of hydrogen-bond acceptors (Lipinski definition) is 4.